The third kappa shape index (κ3) is 3.54. The molecule has 0 atom stereocenters. The van der Waals surface area contributed by atoms with E-state index in [1.807, 2.05) is 57.2 Å². The van der Waals surface area contributed by atoms with Gasteiger partial charge in [-0.15, -0.1) is 0 Å². The molecular weight excluding hydrogens is 340 g/mol. The largest absolute Gasteiger partial charge is 0.426 e. The van der Waals surface area contributed by atoms with Gasteiger partial charge < -0.3 is 14.1 Å². The minimum atomic E-state index is -0.137. The molecule has 1 fully saturated rings. The molecule has 0 aliphatic carbocycles. The molecule has 2 aromatic carbocycles. The highest BCUT2D eigenvalue weighted by molar-refractivity contribution is 5.77. The monoisotopic (exact) mass is 364 g/mol. The average Bonchev–Trinajstić information content (AvgIpc) is 3.09. The van der Waals surface area contributed by atoms with Crippen molar-refractivity contribution in [2.75, 3.05) is 18.0 Å². The van der Waals surface area contributed by atoms with E-state index in [0.717, 1.165) is 48.2 Å². The SMILES string of the molecule is Cc1cc(C)c(OC(=O)C2CCN(c3nc4ccccc4o3)CC2)c(C)c1. The van der Waals surface area contributed by atoms with Crippen LogP contribution >= 0.6 is 0 Å². The van der Waals surface area contributed by atoms with Crippen molar-refractivity contribution in [2.24, 2.45) is 5.92 Å². The Hall–Kier alpha value is -2.82. The Balaban J connectivity index is 1.41. The first-order chi connectivity index (χ1) is 13.0. The van der Waals surface area contributed by atoms with Crippen LogP contribution in [0.5, 0.6) is 5.75 Å². The molecule has 5 heteroatoms. The number of benzene rings is 2. The van der Waals surface area contributed by atoms with E-state index in [0.29, 0.717) is 11.8 Å². The predicted molar refractivity (Wildman–Crippen MR) is 105 cm³/mol. The lowest BCUT2D eigenvalue weighted by Gasteiger charge is -2.29. The molecule has 1 saturated heterocycles. The number of ether oxygens (including phenoxy) is 1. The van der Waals surface area contributed by atoms with E-state index in [1.165, 1.54) is 5.56 Å². The molecule has 2 heterocycles. The normalized spacial score (nSPS) is 15.3. The van der Waals surface area contributed by atoms with Crippen molar-refractivity contribution >= 4 is 23.1 Å². The van der Waals surface area contributed by atoms with Crippen molar-refractivity contribution in [3.63, 3.8) is 0 Å². The van der Waals surface area contributed by atoms with Gasteiger partial charge in [0.25, 0.3) is 6.01 Å². The van der Waals surface area contributed by atoms with E-state index in [2.05, 4.69) is 9.88 Å². The summed E-state index contributed by atoms with van der Waals surface area (Å²) in [5.74, 6) is 0.472. The smallest absolute Gasteiger partial charge is 0.314 e. The predicted octanol–water partition coefficient (Wildman–Crippen LogP) is 4.58. The van der Waals surface area contributed by atoms with Gasteiger partial charge in [-0.1, -0.05) is 29.8 Å². The highest BCUT2D eigenvalue weighted by Crippen LogP contribution is 2.29. The van der Waals surface area contributed by atoms with Gasteiger partial charge in [0.1, 0.15) is 11.3 Å². The number of anilines is 1. The molecule has 27 heavy (non-hydrogen) atoms. The number of esters is 1. The molecular formula is C22H24N2O3. The fourth-order valence-corrected chi connectivity index (χ4v) is 3.81. The minimum absolute atomic E-state index is 0.0919. The summed E-state index contributed by atoms with van der Waals surface area (Å²) < 4.78 is 11.6. The van der Waals surface area contributed by atoms with Crippen molar-refractivity contribution in [3.8, 4) is 5.75 Å². The zero-order chi connectivity index (χ0) is 19.0. The maximum Gasteiger partial charge on any atom is 0.314 e. The molecule has 140 valence electrons. The average molecular weight is 364 g/mol. The summed E-state index contributed by atoms with van der Waals surface area (Å²) in [4.78, 5) is 19.3. The van der Waals surface area contributed by atoms with Crippen LogP contribution in [0.1, 0.15) is 29.5 Å². The van der Waals surface area contributed by atoms with Crippen LogP contribution < -0.4 is 9.64 Å². The van der Waals surface area contributed by atoms with E-state index < -0.39 is 0 Å². The van der Waals surface area contributed by atoms with Gasteiger partial charge in [0.2, 0.25) is 0 Å². The van der Waals surface area contributed by atoms with Crippen molar-refractivity contribution in [1.29, 1.82) is 0 Å². The highest BCUT2D eigenvalue weighted by atomic mass is 16.5. The van der Waals surface area contributed by atoms with E-state index in [4.69, 9.17) is 9.15 Å². The van der Waals surface area contributed by atoms with Crippen LogP contribution in [0, 0.1) is 26.7 Å². The number of carbonyl (C=O) groups is 1. The molecule has 3 aromatic rings. The fourth-order valence-electron chi connectivity index (χ4n) is 3.81. The zero-order valence-corrected chi connectivity index (χ0v) is 16.0. The molecule has 0 N–H and O–H groups in total. The zero-order valence-electron chi connectivity index (χ0n) is 16.0. The second-order valence-electron chi connectivity index (χ2n) is 7.37. The summed E-state index contributed by atoms with van der Waals surface area (Å²) in [5.41, 5.74) is 4.84. The summed E-state index contributed by atoms with van der Waals surface area (Å²) in [6.45, 7) is 7.49. The van der Waals surface area contributed by atoms with Crippen LogP contribution in [-0.4, -0.2) is 24.0 Å². The Morgan fingerprint density at radius 1 is 1.11 bits per heavy atom. The Kier molecular flexibility index (Phi) is 4.60. The molecule has 0 radical (unpaired) electrons. The van der Waals surface area contributed by atoms with E-state index in [9.17, 15) is 4.79 Å². The molecule has 0 amide bonds. The summed E-state index contributed by atoms with van der Waals surface area (Å²) in [6, 6.07) is 12.5. The number of nitrogens with zero attached hydrogens (tertiary/aromatic N) is 2. The number of aryl methyl sites for hydroxylation is 3. The van der Waals surface area contributed by atoms with Crippen LogP contribution in [0.3, 0.4) is 0 Å². The van der Waals surface area contributed by atoms with E-state index in [-0.39, 0.29) is 11.9 Å². The van der Waals surface area contributed by atoms with Crippen LogP contribution in [-0.2, 0) is 4.79 Å². The summed E-state index contributed by atoms with van der Waals surface area (Å²) in [5, 5.41) is 0. The summed E-state index contributed by atoms with van der Waals surface area (Å²) >= 11 is 0. The number of carbonyl (C=O) groups excluding carboxylic acids is 1. The Morgan fingerprint density at radius 3 is 2.44 bits per heavy atom. The van der Waals surface area contributed by atoms with Gasteiger partial charge in [0, 0.05) is 13.1 Å². The third-order valence-corrected chi connectivity index (χ3v) is 5.19. The van der Waals surface area contributed by atoms with Gasteiger partial charge in [0.05, 0.1) is 5.92 Å². The number of oxazole rings is 1. The van der Waals surface area contributed by atoms with Crippen molar-refractivity contribution in [3.05, 3.63) is 53.1 Å². The lowest BCUT2D eigenvalue weighted by molar-refractivity contribution is -0.139. The molecule has 0 bridgehead atoms. The van der Waals surface area contributed by atoms with E-state index in [1.54, 1.807) is 0 Å². The van der Waals surface area contributed by atoms with Gasteiger partial charge in [-0.25, -0.2) is 0 Å². The maximum absolute atomic E-state index is 12.7. The van der Waals surface area contributed by atoms with Gasteiger partial charge in [-0.05, 0) is 56.9 Å². The minimum Gasteiger partial charge on any atom is -0.426 e. The molecule has 5 nitrogen and oxygen atoms in total. The summed E-state index contributed by atoms with van der Waals surface area (Å²) in [6.07, 6.45) is 1.48. The molecule has 1 aliphatic rings. The number of fused-ring (bicyclic) bond motifs is 1. The first-order valence-corrected chi connectivity index (χ1v) is 9.41. The fraction of sp³-hybridized carbons (Fsp3) is 0.364. The molecule has 0 spiro atoms. The Morgan fingerprint density at radius 2 is 1.78 bits per heavy atom. The second-order valence-corrected chi connectivity index (χ2v) is 7.37. The Labute approximate surface area is 158 Å². The second kappa shape index (κ2) is 7.06. The quantitative estimate of drug-likeness (QED) is 0.503. The summed E-state index contributed by atoms with van der Waals surface area (Å²) in [7, 11) is 0. The first-order valence-electron chi connectivity index (χ1n) is 9.41. The number of para-hydroxylation sites is 2. The molecule has 0 saturated carbocycles. The number of rotatable bonds is 3. The number of aromatic nitrogens is 1. The van der Waals surface area contributed by atoms with Crippen LogP contribution in [0.4, 0.5) is 6.01 Å². The van der Waals surface area contributed by atoms with Crippen LogP contribution in [0.25, 0.3) is 11.1 Å². The maximum atomic E-state index is 12.7. The van der Waals surface area contributed by atoms with Gasteiger partial charge in [-0.3, -0.25) is 4.79 Å². The third-order valence-electron chi connectivity index (χ3n) is 5.19. The standard InChI is InChI=1S/C22H24N2O3/c1-14-12-15(2)20(16(3)13-14)27-21(25)17-8-10-24(11-9-17)22-23-18-6-4-5-7-19(18)26-22/h4-7,12-13,17H,8-11H2,1-3H3. The van der Waals surface area contributed by atoms with Gasteiger partial charge >= 0.3 is 5.97 Å². The van der Waals surface area contributed by atoms with Crippen LogP contribution in [0.2, 0.25) is 0 Å². The lowest BCUT2D eigenvalue weighted by Crippen LogP contribution is -2.37. The van der Waals surface area contributed by atoms with Crippen LogP contribution in [0.15, 0.2) is 40.8 Å². The topological polar surface area (TPSA) is 55.6 Å². The van der Waals surface area contributed by atoms with Crippen molar-refractivity contribution in [1.82, 2.24) is 4.98 Å². The number of piperidine rings is 1. The van der Waals surface area contributed by atoms with Crippen molar-refractivity contribution in [2.45, 2.75) is 33.6 Å². The lowest BCUT2D eigenvalue weighted by atomic mass is 9.97. The highest BCUT2D eigenvalue weighted by Gasteiger charge is 2.29. The van der Waals surface area contributed by atoms with Gasteiger partial charge in [0.15, 0.2) is 5.58 Å². The molecule has 4 rings (SSSR count). The molecule has 1 aliphatic heterocycles. The Bertz CT molecular complexity index is 928. The van der Waals surface area contributed by atoms with Gasteiger partial charge in [-0.2, -0.15) is 4.98 Å². The molecule has 1 aromatic heterocycles. The number of hydrogen-bond donors (Lipinski definition) is 0. The van der Waals surface area contributed by atoms with E-state index >= 15 is 0 Å². The first kappa shape index (κ1) is 17.6. The molecule has 0 unspecified atom stereocenters. The van der Waals surface area contributed by atoms with Crippen molar-refractivity contribution < 1.29 is 13.9 Å². The number of hydrogen-bond acceptors (Lipinski definition) is 5.